The van der Waals surface area contributed by atoms with Crippen molar-refractivity contribution in [3.05, 3.63) is 35.7 Å². The molecule has 2 rings (SSSR count). The zero-order valence-electron chi connectivity index (χ0n) is 9.71. The quantitative estimate of drug-likeness (QED) is 0.727. The molecule has 0 aliphatic carbocycles. The van der Waals surface area contributed by atoms with Crippen molar-refractivity contribution in [1.82, 2.24) is 15.2 Å². The number of rotatable bonds is 3. The summed E-state index contributed by atoms with van der Waals surface area (Å²) in [7, 11) is 0. The molecule has 7 nitrogen and oxygen atoms in total. The van der Waals surface area contributed by atoms with E-state index in [0.717, 1.165) is 5.69 Å². The van der Waals surface area contributed by atoms with Crippen LogP contribution in [0.1, 0.15) is 16.2 Å². The highest BCUT2D eigenvalue weighted by Crippen LogP contribution is 2.19. The molecule has 2 heterocycles. The van der Waals surface area contributed by atoms with Crippen molar-refractivity contribution in [3.63, 3.8) is 0 Å². The van der Waals surface area contributed by atoms with Crippen molar-refractivity contribution in [3.8, 4) is 0 Å². The summed E-state index contributed by atoms with van der Waals surface area (Å²) in [5.41, 5.74) is 12.0. The van der Waals surface area contributed by atoms with E-state index < -0.39 is 5.91 Å². The van der Waals surface area contributed by atoms with Gasteiger partial charge >= 0.3 is 0 Å². The summed E-state index contributed by atoms with van der Waals surface area (Å²) in [5, 5.41) is 10.2. The number of anilines is 3. The van der Waals surface area contributed by atoms with Gasteiger partial charge in [-0.15, -0.1) is 10.2 Å². The van der Waals surface area contributed by atoms with E-state index in [1.165, 1.54) is 6.07 Å². The highest BCUT2D eigenvalue weighted by Gasteiger charge is 2.12. The molecule has 0 unspecified atom stereocenters. The van der Waals surface area contributed by atoms with E-state index in [0.29, 0.717) is 11.5 Å². The Kier molecular flexibility index (Phi) is 3.05. The average Bonchev–Trinajstić information content (AvgIpc) is 2.28. The smallest absolute Gasteiger partial charge is 0.271 e. The number of pyridine rings is 1. The van der Waals surface area contributed by atoms with E-state index in [1.54, 1.807) is 6.07 Å². The van der Waals surface area contributed by atoms with Crippen LogP contribution in [0.25, 0.3) is 0 Å². The molecule has 0 saturated carbocycles. The first kappa shape index (κ1) is 11.8. The van der Waals surface area contributed by atoms with E-state index >= 15 is 0 Å². The number of nitrogens with one attached hydrogen (secondary N) is 1. The number of carbonyl (C=O) groups excluding carboxylic acids is 1. The van der Waals surface area contributed by atoms with Crippen molar-refractivity contribution >= 4 is 23.2 Å². The van der Waals surface area contributed by atoms with Gasteiger partial charge in [0.15, 0.2) is 5.69 Å². The fourth-order valence-electron chi connectivity index (χ4n) is 1.43. The first-order valence-electron chi connectivity index (χ1n) is 5.20. The molecule has 5 N–H and O–H groups in total. The molecule has 0 aliphatic heterocycles. The second-order valence-corrected chi connectivity index (χ2v) is 3.68. The standard InChI is InChI=1S/C11H12N6O/c1-6-3-2-4-9(14-6)15-7-5-8(12)16-17-10(7)11(13)18/h2-5H,1H3,(H2,13,18)(H3,12,14,15,16). The van der Waals surface area contributed by atoms with Gasteiger partial charge in [-0.05, 0) is 19.1 Å². The van der Waals surface area contributed by atoms with E-state index in [4.69, 9.17) is 11.5 Å². The van der Waals surface area contributed by atoms with Crippen molar-refractivity contribution in [2.24, 2.45) is 5.73 Å². The number of carbonyl (C=O) groups is 1. The Balaban J connectivity index is 2.39. The predicted molar refractivity (Wildman–Crippen MR) is 67.2 cm³/mol. The molecule has 0 aliphatic rings. The van der Waals surface area contributed by atoms with Crippen molar-refractivity contribution in [1.29, 1.82) is 0 Å². The lowest BCUT2D eigenvalue weighted by Gasteiger charge is -2.08. The SMILES string of the molecule is Cc1cccc(Nc2cc(N)nnc2C(N)=O)n1. The summed E-state index contributed by atoms with van der Waals surface area (Å²) < 4.78 is 0. The third-order valence-corrected chi connectivity index (χ3v) is 2.20. The largest absolute Gasteiger partial charge is 0.382 e. The molecule has 2 aromatic heterocycles. The maximum absolute atomic E-state index is 11.2. The van der Waals surface area contributed by atoms with E-state index in [9.17, 15) is 4.79 Å². The maximum Gasteiger partial charge on any atom is 0.271 e. The van der Waals surface area contributed by atoms with Gasteiger partial charge in [-0.3, -0.25) is 4.79 Å². The summed E-state index contributed by atoms with van der Waals surface area (Å²) in [5.74, 6) is 0.0812. The van der Waals surface area contributed by atoms with Crippen LogP contribution in [0.4, 0.5) is 17.3 Å². The third-order valence-electron chi connectivity index (χ3n) is 2.20. The molecule has 18 heavy (non-hydrogen) atoms. The number of primary amides is 1. The monoisotopic (exact) mass is 244 g/mol. The number of hydrogen-bond donors (Lipinski definition) is 3. The molecule has 0 spiro atoms. The zero-order chi connectivity index (χ0) is 13.1. The number of nitrogen functional groups attached to an aromatic ring is 1. The molecule has 0 atom stereocenters. The number of aromatic nitrogens is 3. The second kappa shape index (κ2) is 4.66. The molecule has 0 aromatic carbocycles. The minimum atomic E-state index is -0.683. The number of nitrogens with zero attached hydrogens (tertiary/aromatic N) is 3. The van der Waals surface area contributed by atoms with Gasteiger partial charge in [-0.25, -0.2) is 4.98 Å². The Bertz CT molecular complexity index is 598. The topological polar surface area (TPSA) is 120 Å². The molecule has 0 saturated heterocycles. The van der Waals surface area contributed by atoms with Gasteiger partial charge in [0.05, 0.1) is 5.69 Å². The third kappa shape index (κ3) is 2.51. The first-order valence-corrected chi connectivity index (χ1v) is 5.20. The summed E-state index contributed by atoms with van der Waals surface area (Å²) in [6, 6.07) is 6.94. The van der Waals surface area contributed by atoms with Crippen molar-refractivity contribution in [2.75, 3.05) is 11.1 Å². The average molecular weight is 244 g/mol. The second-order valence-electron chi connectivity index (χ2n) is 3.68. The minimum Gasteiger partial charge on any atom is -0.382 e. The van der Waals surface area contributed by atoms with Crippen LogP contribution in [-0.4, -0.2) is 21.1 Å². The Morgan fingerprint density at radius 1 is 1.33 bits per heavy atom. The number of hydrogen-bond acceptors (Lipinski definition) is 6. The van der Waals surface area contributed by atoms with Gasteiger partial charge in [-0.2, -0.15) is 0 Å². The lowest BCUT2D eigenvalue weighted by molar-refractivity contribution is 0.0995. The Labute approximate surface area is 103 Å². The van der Waals surface area contributed by atoms with E-state index in [2.05, 4.69) is 20.5 Å². The molecule has 0 radical (unpaired) electrons. The molecule has 7 heteroatoms. The van der Waals surface area contributed by atoms with Crippen LogP contribution in [-0.2, 0) is 0 Å². The normalized spacial score (nSPS) is 10.1. The van der Waals surface area contributed by atoms with Gasteiger partial charge in [-0.1, -0.05) is 6.07 Å². The summed E-state index contributed by atoms with van der Waals surface area (Å²) >= 11 is 0. The summed E-state index contributed by atoms with van der Waals surface area (Å²) in [6.45, 7) is 1.86. The Hall–Kier alpha value is -2.70. The van der Waals surface area contributed by atoms with Gasteiger partial charge in [0.1, 0.15) is 11.6 Å². The van der Waals surface area contributed by atoms with Crippen LogP contribution < -0.4 is 16.8 Å². The maximum atomic E-state index is 11.2. The fourth-order valence-corrected chi connectivity index (χ4v) is 1.43. The summed E-state index contributed by atoms with van der Waals surface area (Å²) in [6.07, 6.45) is 0. The molecular weight excluding hydrogens is 232 g/mol. The molecule has 92 valence electrons. The van der Waals surface area contributed by atoms with Crippen LogP contribution in [0, 0.1) is 6.92 Å². The van der Waals surface area contributed by atoms with Crippen LogP contribution in [0.3, 0.4) is 0 Å². The Morgan fingerprint density at radius 3 is 2.78 bits per heavy atom. The fraction of sp³-hybridized carbons (Fsp3) is 0.0909. The molecule has 0 fully saturated rings. The van der Waals surface area contributed by atoms with Crippen LogP contribution in [0.2, 0.25) is 0 Å². The zero-order valence-corrected chi connectivity index (χ0v) is 9.71. The lowest BCUT2D eigenvalue weighted by atomic mass is 10.3. The van der Waals surface area contributed by atoms with Gasteiger partial charge < -0.3 is 16.8 Å². The first-order chi connectivity index (χ1) is 8.56. The predicted octanol–water partition coefficient (Wildman–Crippen LogP) is 0.605. The summed E-state index contributed by atoms with van der Waals surface area (Å²) in [4.78, 5) is 15.5. The van der Waals surface area contributed by atoms with Gasteiger partial charge in [0.25, 0.3) is 5.91 Å². The van der Waals surface area contributed by atoms with Gasteiger partial charge in [0.2, 0.25) is 0 Å². The van der Waals surface area contributed by atoms with Crippen LogP contribution in [0.5, 0.6) is 0 Å². The molecule has 1 amide bonds. The molecule has 0 bridgehead atoms. The van der Waals surface area contributed by atoms with E-state index in [1.807, 2.05) is 19.1 Å². The van der Waals surface area contributed by atoms with Crippen LogP contribution in [0.15, 0.2) is 24.3 Å². The van der Waals surface area contributed by atoms with Crippen molar-refractivity contribution < 1.29 is 4.79 Å². The Morgan fingerprint density at radius 2 is 2.11 bits per heavy atom. The van der Waals surface area contributed by atoms with Gasteiger partial charge in [0, 0.05) is 11.8 Å². The highest BCUT2D eigenvalue weighted by atomic mass is 16.1. The number of amides is 1. The lowest BCUT2D eigenvalue weighted by Crippen LogP contribution is -2.17. The molecule has 2 aromatic rings. The van der Waals surface area contributed by atoms with Crippen molar-refractivity contribution in [2.45, 2.75) is 6.92 Å². The number of nitrogens with two attached hydrogens (primary N) is 2. The number of aryl methyl sites for hydroxylation is 1. The minimum absolute atomic E-state index is 0.0208. The highest BCUT2D eigenvalue weighted by molar-refractivity contribution is 5.97. The molecular formula is C11H12N6O. The van der Waals surface area contributed by atoms with Crippen LogP contribution >= 0.6 is 0 Å². The van der Waals surface area contributed by atoms with E-state index in [-0.39, 0.29) is 11.5 Å².